The van der Waals surface area contributed by atoms with Crippen molar-refractivity contribution in [2.75, 3.05) is 7.11 Å². The number of aliphatic hydroxyl groups excluding tert-OH is 1. The molecule has 0 aromatic rings. The second-order valence-corrected chi connectivity index (χ2v) is 6.37. The molecule has 1 heterocycles. The van der Waals surface area contributed by atoms with Crippen LogP contribution in [0.25, 0.3) is 0 Å². The molecule has 0 saturated carbocycles. The Morgan fingerprint density at radius 1 is 1.37 bits per heavy atom. The monoisotopic (exact) mass is 333 g/mol. The number of hydrogen-bond acceptors (Lipinski definition) is 5. The van der Waals surface area contributed by atoms with Gasteiger partial charge in [0.1, 0.15) is 6.10 Å². The molecule has 0 aromatic heterocycles. The molecule has 0 aromatic carbocycles. The average molecular weight is 334 g/mol. The van der Waals surface area contributed by atoms with E-state index in [1.54, 1.807) is 27.7 Å². The molecular weight excluding hydrogens is 314 g/mol. The van der Waals surface area contributed by atoms with Gasteiger partial charge in [-0.2, -0.15) is 5.06 Å². The second kappa shape index (κ2) is 5.01. The van der Waals surface area contributed by atoms with E-state index in [0.29, 0.717) is 10.1 Å². The van der Waals surface area contributed by atoms with E-state index in [-0.39, 0.29) is 5.57 Å². The fourth-order valence-corrected chi connectivity index (χ4v) is 3.25. The van der Waals surface area contributed by atoms with E-state index in [4.69, 9.17) is 0 Å². The van der Waals surface area contributed by atoms with E-state index in [2.05, 4.69) is 27.2 Å². The lowest BCUT2D eigenvalue weighted by molar-refractivity contribution is -0.187. The molecule has 1 aliphatic heterocycles. The Bertz CT molecular complexity index is 454. The number of ether oxygens (including phenoxy) is 1. The average Bonchev–Trinajstić information content (AvgIpc) is 2.45. The number of halogens is 1. The maximum atomic E-state index is 11.5. The van der Waals surface area contributed by atoms with Crippen molar-refractivity contribution < 1.29 is 19.8 Å². The van der Waals surface area contributed by atoms with Crippen molar-refractivity contribution in [3.63, 3.8) is 0 Å². The number of aliphatic hydroxyl groups is 1. The van der Waals surface area contributed by atoms with Gasteiger partial charge in [-0.25, -0.2) is 4.79 Å². The second-order valence-electron chi connectivity index (χ2n) is 5.58. The molecule has 0 spiro atoms. The molecule has 0 bridgehead atoms. The predicted molar refractivity (Wildman–Crippen MR) is 74.9 cm³/mol. The SMILES string of the molecule is C=C(C(=O)OC)C(O)C1=C(Br)C(C)(C)N(O)C1(C)C. The quantitative estimate of drug-likeness (QED) is 0.610. The van der Waals surface area contributed by atoms with E-state index in [9.17, 15) is 15.1 Å². The highest BCUT2D eigenvalue weighted by molar-refractivity contribution is 9.11. The van der Waals surface area contributed by atoms with Crippen LogP contribution in [0, 0.1) is 0 Å². The molecule has 2 N–H and O–H groups in total. The van der Waals surface area contributed by atoms with E-state index in [0.717, 1.165) is 5.06 Å². The van der Waals surface area contributed by atoms with Gasteiger partial charge in [0.25, 0.3) is 0 Å². The summed E-state index contributed by atoms with van der Waals surface area (Å²) in [5.74, 6) is -0.676. The first kappa shape index (κ1) is 16.4. The molecule has 1 unspecified atom stereocenters. The van der Waals surface area contributed by atoms with Crippen LogP contribution in [0.15, 0.2) is 22.2 Å². The maximum Gasteiger partial charge on any atom is 0.336 e. The zero-order chi connectivity index (χ0) is 15.2. The Labute approximate surface area is 121 Å². The van der Waals surface area contributed by atoms with E-state index >= 15 is 0 Å². The van der Waals surface area contributed by atoms with Gasteiger partial charge < -0.3 is 15.1 Å². The molecule has 19 heavy (non-hydrogen) atoms. The molecule has 0 amide bonds. The minimum absolute atomic E-state index is 0.0615. The van der Waals surface area contributed by atoms with Gasteiger partial charge in [0.15, 0.2) is 0 Å². The van der Waals surface area contributed by atoms with Crippen LogP contribution in [0.2, 0.25) is 0 Å². The van der Waals surface area contributed by atoms with Crippen molar-refractivity contribution >= 4 is 21.9 Å². The van der Waals surface area contributed by atoms with Gasteiger partial charge in [0.05, 0.1) is 23.8 Å². The number of rotatable bonds is 3. The normalized spacial score (nSPS) is 23.4. The van der Waals surface area contributed by atoms with Crippen molar-refractivity contribution in [1.29, 1.82) is 0 Å². The Morgan fingerprint density at radius 3 is 2.16 bits per heavy atom. The summed E-state index contributed by atoms with van der Waals surface area (Å²) in [4.78, 5) is 11.5. The molecule has 108 valence electrons. The van der Waals surface area contributed by atoms with Crippen LogP contribution in [-0.2, 0) is 9.53 Å². The third-order valence-corrected chi connectivity index (χ3v) is 4.94. The van der Waals surface area contributed by atoms with Gasteiger partial charge in [-0.3, -0.25) is 0 Å². The number of carbonyl (C=O) groups excluding carboxylic acids is 1. The number of hydrogen-bond donors (Lipinski definition) is 2. The van der Waals surface area contributed by atoms with Crippen LogP contribution >= 0.6 is 15.9 Å². The van der Waals surface area contributed by atoms with Crippen LogP contribution in [0.3, 0.4) is 0 Å². The van der Waals surface area contributed by atoms with Crippen molar-refractivity contribution in [2.24, 2.45) is 0 Å². The summed E-state index contributed by atoms with van der Waals surface area (Å²) < 4.78 is 5.19. The Hall–Kier alpha value is -0.690. The fourth-order valence-electron chi connectivity index (χ4n) is 2.38. The van der Waals surface area contributed by atoms with Crippen LogP contribution in [0.1, 0.15) is 27.7 Å². The summed E-state index contributed by atoms with van der Waals surface area (Å²) in [5, 5.41) is 21.8. The highest BCUT2D eigenvalue weighted by Gasteiger charge is 2.52. The van der Waals surface area contributed by atoms with Gasteiger partial charge in [-0.05, 0) is 33.3 Å². The molecule has 0 fully saturated rings. The highest BCUT2D eigenvalue weighted by atomic mass is 79.9. The molecule has 1 aliphatic rings. The smallest absolute Gasteiger partial charge is 0.336 e. The van der Waals surface area contributed by atoms with Gasteiger partial charge in [0.2, 0.25) is 0 Å². The highest BCUT2D eigenvalue weighted by Crippen LogP contribution is 2.48. The third kappa shape index (κ3) is 2.38. The summed E-state index contributed by atoms with van der Waals surface area (Å²) in [6.45, 7) is 10.7. The van der Waals surface area contributed by atoms with Crippen LogP contribution in [0.5, 0.6) is 0 Å². The number of nitrogens with zero attached hydrogens (tertiary/aromatic N) is 1. The molecule has 1 rings (SSSR count). The Kier molecular flexibility index (Phi) is 4.32. The Morgan fingerprint density at radius 2 is 1.84 bits per heavy atom. The zero-order valence-corrected chi connectivity index (χ0v) is 13.4. The summed E-state index contributed by atoms with van der Waals surface area (Å²) >= 11 is 3.41. The predicted octanol–water partition coefficient (Wildman–Crippen LogP) is 1.99. The molecule has 0 saturated heterocycles. The number of methoxy groups -OCH3 is 1. The third-order valence-electron chi connectivity index (χ3n) is 3.54. The fraction of sp³-hybridized carbons (Fsp3) is 0.615. The van der Waals surface area contributed by atoms with Gasteiger partial charge in [-0.15, -0.1) is 0 Å². The summed E-state index contributed by atoms with van der Waals surface area (Å²) in [7, 11) is 1.23. The summed E-state index contributed by atoms with van der Waals surface area (Å²) in [5.41, 5.74) is -1.10. The lowest BCUT2D eigenvalue weighted by atomic mass is 9.88. The zero-order valence-electron chi connectivity index (χ0n) is 11.8. The summed E-state index contributed by atoms with van der Waals surface area (Å²) in [6, 6.07) is 0. The molecule has 0 radical (unpaired) electrons. The minimum atomic E-state index is -1.21. The Balaban J connectivity index is 3.28. The molecular formula is C13H20BrNO4. The number of carbonyl (C=O) groups is 1. The topological polar surface area (TPSA) is 70.0 Å². The van der Waals surface area contributed by atoms with Crippen molar-refractivity contribution in [1.82, 2.24) is 5.06 Å². The van der Waals surface area contributed by atoms with E-state index in [1.807, 2.05) is 0 Å². The largest absolute Gasteiger partial charge is 0.466 e. The van der Waals surface area contributed by atoms with Crippen LogP contribution < -0.4 is 0 Å². The number of esters is 1. The lowest BCUT2D eigenvalue weighted by Crippen LogP contribution is -2.49. The molecule has 0 aliphatic carbocycles. The van der Waals surface area contributed by atoms with Gasteiger partial charge in [0, 0.05) is 4.48 Å². The molecule has 6 heteroatoms. The van der Waals surface area contributed by atoms with Crippen molar-refractivity contribution in [3.8, 4) is 0 Å². The van der Waals surface area contributed by atoms with Crippen molar-refractivity contribution in [2.45, 2.75) is 44.9 Å². The lowest BCUT2D eigenvalue weighted by Gasteiger charge is -2.37. The van der Waals surface area contributed by atoms with Gasteiger partial charge in [-0.1, -0.05) is 22.5 Å². The van der Waals surface area contributed by atoms with E-state index in [1.165, 1.54) is 7.11 Å². The molecule has 5 nitrogen and oxygen atoms in total. The van der Waals surface area contributed by atoms with E-state index < -0.39 is 23.2 Å². The van der Waals surface area contributed by atoms with Gasteiger partial charge >= 0.3 is 5.97 Å². The maximum absolute atomic E-state index is 11.5. The summed E-state index contributed by atoms with van der Waals surface area (Å²) in [6.07, 6.45) is -1.21. The molecule has 1 atom stereocenters. The first-order chi connectivity index (χ1) is 8.49. The standard InChI is InChI=1S/C13H20BrNO4/c1-7(11(17)19-6)9(16)8-10(14)13(4,5)15(18)12(8,2)3/h9,16,18H,1H2,2-6H3. The van der Waals surface area contributed by atoms with Crippen LogP contribution in [0.4, 0.5) is 0 Å². The van der Waals surface area contributed by atoms with Crippen molar-refractivity contribution in [3.05, 3.63) is 22.2 Å². The number of hydroxylamine groups is 2. The first-order valence-corrected chi connectivity index (χ1v) is 6.63. The first-order valence-electron chi connectivity index (χ1n) is 5.84. The van der Waals surface area contributed by atoms with Crippen LogP contribution in [-0.4, -0.2) is 45.6 Å². The minimum Gasteiger partial charge on any atom is -0.466 e.